The van der Waals surface area contributed by atoms with Gasteiger partial charge < -0.3 is 14.9 Å². The molecule has 0 radical (unpaired) electrons. The van der Waals surface area contributed by atoms with Gasteiger partial charge in [0.1, 0.15) is 5.01 Å². The number of hydrogen-bond donors (Lipinski definition) is 1. The molecule has 0 unspecified atom stereocenters. The predicted molar refractivity (Wildman–Crippen MR) is 168 cm³/mol. The molecule has 2 amide bonds. The summed E-state index contributed by atoms with van der Waals surface area (Å²) in [5, 5.41) is 14.4. The van der Waals surface area contributed by atoms with Crippen LogP contribution in [0.1, 0.15) is 101 Å². The Balaban J connectivity index is 1.30. The van der Waals surface area contributed by atoms with Gasteiger partial charge in [0.15, 0.2) is 5.78 Å². The van der Waals surface area contributed by atoms with Crippen LogP contribution >= 0.6 is 11.3 Å². The zero-order valence-electron chi connectivity index (χ0n) is 24.9. The average Bonchev–Trinajstić information content (AvgIpc) is 3.84. The number of rotatable bonds is 10. The van der Waals surface area contributed by atoms with Crippen molar-refractivity contribution in [2.45, 2.75) is 83.3 Å². The molecule has 8 heteroatoms. The van der Waals surface area contributed by atoms with Crippen LogP contribution in [-0.2, 0) is 11.2 Å². The number of amides is 2. The van der Waals surface area contributed by atoms with Crippen LogP contribution in [0.5, 0.6) is 0 Å². The van der Waals surface area contributed by atoms with Gasteiger partial charge in [0.2, 0.25) is 5.91 Å². The Kier molecular flexibility index (Phi) is 9.05. The van der Waals surface area contributed by atoms with Crippen LogP contribution in [0.15, 0.2) is 53.9 Å². The van der Waals surface area contributed by atoms with Gasteiger partial charge in [0, 0.05) is 53.8 Å². The number of carbonyl (C=O) groups excluding carboxylic acids is 3. The van der Waals surface area contributed by atoms with E-state index in [4.69, 9.17) is 0 Å². The molecule has 2 aliphatic heterocycles. The Morgan fingerprint density at radius 1 is 1.00 bits per heavy atom. The lowest BCUT2D eigenvalue weighted by Gasteiger charge is -2.28. The molecular formula is C35H41N3O4S. The number of hydrogen-bond acceptors (Lipinski definition) is 6. The second kappa shape index (κ2) is 13.1. The standard InChI is InChI=1S/C35H41N3O4S/c1-23-22-43-34(36-23)30-13-7-16-38(30)35(42)28-18-26(19-29(20-28)37-15-8-14-32(37)40)31(39)21-27(17-24-9-3-2-4-10-24)33(41)25-11-5-6-12-25/h2-4,9-10,18-20,22,25,27,30,33,41H,5-8,11-17,21H2,1H3/t27-,30-,33-/m1/s1. The largest absolute Gasteiger partial charge is 0.393 e. The Hall–Kier alpha value is -3.36. The van der Waals surface area contributed by atoms with E-state index < -0.39 is 6.10 Å². The topological polar surface area (TPSA) is 90.8 Å². The third-order valence-electron chi connectivity index (χ3n) is 9.46. The molecule has 2 saturated heterocycles. The average molecular weight is 600 g/mol. The van der Waals surface area contributed by atoms with Crippen molar-refractivity contribution in [1.29, 1.82) is 0 Å². The second-order valence-electron chi connectivity index (χ2n) is 12.5. The van der Waals surface area contributed by atoms with Gasteiger partial charge in [-0.15, -0.1) is 11.3 Å². The van der Waals surface area contributed by atoms with Crippen LogP contribution < -0.4 is 4.90 Å². The maximum Gasteiger partial charge on any atom is 0.254 e. The first-order valence-electron chi connectivity index (χ1n) is 15.8. The van der Waals surface area contributed by atoms with Crippen molar-refractivity contribution >= 4 is 34.6 Å². The fourth-order valence-electron chi connectivity index (χ4n) is 7.20. The number of aryl methyl sites for hydroxylation is 1. The number of likely N-dealkylation sites (tertiary alicyclic amines) is 1. The molecule has 2 aromatic carbocycles. The number of aliphatic hydroxyl groups excluding tert-OH is 1. The first kappa shape index (κ1) is 29.7. The van der Waals surface area contributed by atoms with E-state index in [1.54, 1.807) is 34.4 Å². The highest BCUT2D eigenvalue weighted by Crippen LogP contribution is 2.37. The summed E-state index contributed by atoms with van der Waals surface area (Å²) in [5.41, 5.74) is 3.51. The summed E-state index contributed by atoms with van der Waals surface area (Å²) in [6.45, 7) is 3.17. The molecule has 1 N–H and O–H groups in total. The van der Waals surface area contributed by atoms with Crippen LogP contribution in [0.3, 0.4) is 0 Å². The number of aliphatic hydroxyl groups is 1. The Morgan fingerprint density at radius 2 is 1.77 bits per heavy atom. The number of benzene rings is 2. The third kappa shape index (κ3) is 6.60. The number of thiazole rings is 1. The van der Waals surface area contributed by atoms with Gasteiger partial charge in [-0.05, 0) is 81.0 Å². The van der Waals surface area contributed by atoms with Crippen LogP contribution in [0, 0.1) is 18.8 Å². The summed E-state index contributed by atoms with van der Waals surface area (Å²) in [6, 6.07) is 15.2. The number of nitrogens with zero attached hydrogens (tertiary/aromatic N) is 3. The lowest BCUT2D eigenvalue weighted by molar-refractivity contribution is -0.117. The molecule has 226 valence electrons. The van der Waals surface area contributed by atoms with E-state index in [9.17, 15) is 19.5 Å². The molecule has 3 atom stereocenters. The van der Waals surface area contributed by atoms with E-state index in [-0.39, 0.29) is 41.9 Å². The molecule has 0 bridgehead atoms. The van der Waals surface area contributed by atoms with Gasteiger partial charge in [0.25, 0.3) is 5.91 Å². The van der Waals surface area contributed by atoms with E-state index in [1.165, 1.54) is 0 Å². The molecule has 3 aromatic rings. The SMILES string of the molecule is Cc1csc([C@H]2CCCN2C(=O)c2cc(C(=O)C[C@@H](Cc3ccccc3)[C@H](O)C3CCCC3)cc(N3CCCC3=O)c2)n1. The van der Waals surface area contributed by atoms with Crippen LogP contribution in [-0.4, -0.2) is 51.8 Å². The molecule has 3 aliphatic rings. The fraction of sp³-hybridized carbons (Fsp3) is 0.486. The summed E-state index contributed by atoms with van der Waals surface area (Å²) in [7, 11) is 0. The Bertz CT molecular complexity index is 1460. The smallest absolute Gasteiger partial charge is 0.254 e. The number of carbonyl (C=O) groups is 3. The number of ketones is 1. The van der Waals surface area contributed by atoms with Crippen molar-refractivity contribution in [3.8, 4) is 0 Å². The van der Waals surface area contributed by atoms with Gasteiger partial charge in [0.05, 0.1) is 12.1 Å². The first-order chi connectivity index (χ1) is 20.9. The summed E-state index contributed by atoms with van der Waals surface area (Å²) >= 11 is 1.58. The summed E-state index contributed by atoms with van der Waals surface area (Å²) in [5.74, 6) is -0.253. The van der Waals surface area contributed by atoms with E-state index in [0.717, 1.165) is 61.2 Å². The first-order valence-corrected chi connectivity index (χ1v) is 16.7. The van der Waals surface area contributed by atoms with Crippen molar-refractivity contribution in [3.05, 3.63) is 81.3 Å². The molecule has 1 saturated carbocycles. The van der Waals surface area contributed by atoms with E-state index in [1.807, 2.05) is 47.5 Å². The van der Waals surface area contributed by atoms with Crippen molar-refractivity contribution in [1.82, 2.24) is 9.88 Å². The summed E-state index contributed by atoms with van der Waals surface area (Å²) in [6.07, 6.45) is 7.40. The van der Waals surface area contributed by atoms with Crippen molar-refractivity contribution < 1.29 is 19.5 Å². The van der Waals surface area contributed by atoms with Gasteiger partial charge >= 0.3 is 0 Å². The van der Waals surface area contributed by atoms with Crippen LogP contribution in [0.25, 0.3) is 0 Å². The van der Waals surface area contributed by atoms with E-state index in [2.05, 4.69) is 4.98 Å². The zero-order valence-corrected chi connectivity index (χ0v) is 25.7. The molecule has 3 heterocycles. The molecule has 7 nitrogen and oxygen atoms in total. The van der Waals surface area contributed by atoms with Crippen LogP contribution in [0.4, 0.5) is 5.69 Å². The lowest BCUT2D eigenvalue weighted by Crippen LogP contribution is -2.32. The van der Waals surface area contributed by atoms with E-state index in [0.29, 0.717) is 42.7 Å². The minimum Gasteiger partial charge on any atom is -0.393 e. The molecule has 1 aliphatic carbocycles. The summed E-state index contributed by atoms with van der Waals surface area (Å²) < 4.78 is 0. The highest BCUT2D eigenvalue weighted by atomic mass is 32.1. The zero-order chi connectivity index (χ0) is 29.9. The number of aromatic nitrogens is 1. The Labute approximate surface area is 257 Å². The third-order valence-corrected chi connectivity index (χ3v) is 10.5. The minimum absolute atomic E-state index is 0.0129. The van der Waals surface area contributed by atoms with Gasteiger partial charge in [-0.25, -0.2) is 4.98 Å². The minimum atomic E-state index is -0.566. The number of Topliss-reactive ketones (excluding diaryl/α,β-unsaturated/α-hetero) is 1. The van der Waals surface area contributed by atoms with Gasteiger partial charge in [-0.1, -0.05) is 43.2 Å². The highest BCUT2D eigenvalue weighted by Gasteiger charge is 2.35. The van der Waals surface area contributed by atoms with Crippen molar-refractivity contribution in [2.75, 3.05) is 18.0 Å². The van der Waals surface area contributed by atoms with Gasteiger partial charge in [-0.2, -0.15) is 0 Å². The monoisotopic (exact) mass is 599 g/mol. The molecule has 0 spiro atoms. The normalized spacial score (nSPS) is 20.6. The maximum absolute atomic E-state index is 14.1. The molecule has 1 aromatic heterocycles. The molecular weight excluding hydrogens is 558 g/mol. The molecule has 3 fully saturated rings. The highest BCUT2D eigenvalue weighted by molar-refractivity contribution is 7.09. The Morgan fingerprint density at radius 3 is 2.47 bits per heavy atom. The number of anilines is 1. The van der Waals surface area contributed by atoms with Crippen molar-refractivity contribution in [2.24, 2.45) is 11.8 Å². The van der Waals surface area contributed by atoms with Crippen molar-refractivity contribution in [3.63, 3.8) is 0 Å². The predicted octanol–water partition coefficient (Wildman–Crippen LogP) is 6.54. The fourth-order valence-corrected chi connectivity index (χ4v) is 8.14. The van der Waals surface area contributed by atoms with E-state index >= 15 is 0 Å². The quantitative estimate of drug-likeness (QED) is 0.267. The second-order valence-corrected chi connectivity index (χ2v) is 13.4. The van der Waals surface area contributed by atoms with Gasteiger partial charge in [-0.3, -0.25) is 14.4 Å². The summed E-state index contributed by atoms with van der Waals surface area (Å²) in [4.78, 5) is 49.1. The van der Waals surface area contributed by atoms with Crippen LogP contribution in [0.2, 0.25) is 0 Å². The maximum atomic E-state index is 14.1. The molecule has 6 rings (SSSR count). The lowest BCUT2D eigenvalue weighted by atomic mass is 9.81. The molecule has 43 heavy (non-hydrogen) atoms.